The molecule has 0 unspecified atom stereocenters. The van der Waals surface area contributed by atoms with E-state index in [0.717, 1.165) is 6.08 Å². The number of amides is 1. The summed E-state index contributed by atoms with van der Waals surface area (Å²) in [6.07, 6.45) is 2.58. The molecule has 1 radical (unpaired) electrons. The van der Waals surface area contributed by atoms with Gasteiger partial charge in [0.2, 0.25) is 0 Å². The van der Waals surface area contributed by atoms with Crippen LogP contribution in [0.2, 0.25) is 0 Å². The van der Waals surface area contributed by atoms with Crippen LogP contribution in [0.4, 0.5) is 0 Å². The van der Waals surface area contributed by atoms with Crippen LogP contribution in [0.15, 0.2) is 11.8 Å². The maximum absolute atomic E-state index is 10.4. The molecule has 0 aliphatic carbocycles. The Balaban J connectivity index is 3.88. The van der Waals surface area contributed by atoms with Crippen molar-refractivity contribution in [3.63, 3.8) is 0 Å². The average molecular weight is 142 g/mol. The Morgan fingerprint density at radius 3 is 2.70 bits per heavy atom. The first kappa shape index (κ1) is 8.68. The fourth-order valence-corrected chi connectivity index (χ4v) is 0.352. The van der Waals surface area contributed by atoms with Gasteiger partial charge < -0.3 is 10.1 Å². The normalized spacial score (nSPS) is 10.4. The molecule has 0 fully saturated rings. The van der Waals surface area contributed by atoms with E-state index in [0.29, 0.717) is 5.70 Å². The first-order chi connectivity index (χ1) is 4.70. The molecule has 0 rings (SSSR count). The zero-order chi connectivity index (χ0) is 7.98. The van der Waals surface area contributed by atoms with Crippen LogP contribution in [0.3, 0.4) is 0 Å². The molecule has 55 valence electrons. The second-order valence-electron chi connectivity index (χ2n) is 1.58. The summed E-state index contributed by atoms with van der Waals surface area (Å²) in [5, 5.41) is 2.17. The molecule has 4 nitrogen and oxygen atoms in total. The molecule has 1 N–H and O–H groups in total. The minimum absolute atomic E-state index is 0.404. The minimum atomic E-state index is -0.500. The van der Waals surface area contributed by atoms with Gasteiger partial charge in [0, 0.05) is 11.8 Å². The lowest BCUT2D eigenvalue weighted by atomic mass is 10.4. The van der Waals surface area contributed by atoms with Gasteiger partial charge in [-0.25, -0.2) is 4.79 Å². The number of carbonyl (C=O) groups is 1. The van der Waals surface area contributed by atoms with Crippen LogP contribution >= 0.6 is 0 Å². The van der Waals surface area contributed by atoms with Crippen molar-refractivity contribution in [1.82, 2.24) is 5.32 Å². The minimum Gasteiger partial charge on any atom is -0.466 e. The van der Waals surface area contributed by atoms with Crippen molar-refractivity contribution in [2.24, 2.45) is 0 Å². The molecule has 0 bridgehead atoms. The number of rotatable bonds is 3. The molecular formula is C6H8NO3. The van der Waals surface area contributed by atoms with Gasteiger partial charge in [0.25, 0.3) is 0 Å². The summed E-state index contributed by atoms with van der Waals surface area (Å²) in [4.78, 5) is 20.1. The van der Waals surface area contributed by atoms with Gasteiger partial charge in [0.1, 0.15) is 0 Å². The third-order valence-electron chi connectivity index (χ3n) is 0.784. The standard InChI is InChI=1S/C6H8NO3/c1-5(7-4-8)3-6(9)10-2/h3H,1-2H3,(H,7,8)/b5-3-. The van der Waals surface area contributed by atoms with Crippen LogP contribution in [-0.4, -0.2) is 19.5 Å². The SMILES string of the molecule is COC(=O)/C=C(/C)N[C]=O. The van der Waals surface area contributed by atoms with E-state index in [9.17, 15) is 9.59 Å². The number of esters is 1. The fraction of sp³-hybridized carbons (Fsp3) is 0.333. The van der Waals surface area contributed by atoms with Gasteiger partial charge in [-0.3, -0.25) is 4.79 Å². The van der Waals surface area contributed by atoms with Crippen LogP contribution in [0.1, 0.15) is 6.92 Å². The summed E-state index contributed by atoms with van der Waals surface area (Å²) in [6, 6.07) is 0. The monoisotopic (exact) mass is 142 g/mol. The highest BCUT2D eigenvalue weighted by Crippen LogP contribution is 1.85. The molecule has 0 spiro atoms. The third-order valence-corrected chi connectivity index (χ3v) is 0.784. The van der Waals surface area contributed by atoms with Crippen LogP contribution in [0.5, 0.6) is 0 Å². The number of carbonyl (C=O) groups excluding carboxylic acids is 2. The van der Waals surface area contributed by atoms with Crippen LogP contribution in [0, 0.1) is 0 Å². The first-order valence-electron chi connectivity index (χ1n) is 2.60. The van der Waals surface area contributed by atoms with Gasteiger partial charge in [-0.15, -0.1) is 0 Å². The summed E-state index contributed by atoms with van der Waals surface area (Å²) in [6.45, 7) is 1.56. The molecule has 0 aliphatic heterocycles. The molecule has 0 saturated heterocycles. The van der Waals surface area contributed by atoms with Crippen LogP contribution in [0.25, 0.3) is 0 Å². The van der Waals surface area contributed by atoms with E-state index >= 15 is 0 Å². The molecule has 0 heterocycles. The van der Waals surface area contributed by atoms with E-state index < -0.39 is 5.97 Å². The maximum atomic E-state index is 10.4. The smallest absolute Gasteiger partial charge is 0.332 e. The summed E-state index contributed by atoms with van der Waals surface area (Å²) in [5.41, 5.74) is 0.404. The largest absolute Gasteiger partial charge is 0.466 e. The molecule has 0 saturated carbocycles. The molecule has 0 atom stereocenters. The average Bonchev–Trinajstić information content (AvgIpc) is 1.88. The van der Waals surface area contributed by atoms with Gasteiger partial charge in [-0.2, -0.15) is 0 Å². The predicted octanol–water partition coefficient (Wildman–Crippen LogP) is -0.280. The Kier molecular flexibility index (Phi) is 3.95. The van der Waals surface area contributed by atoms with E-state index in [1.54, 1.807) is 6.92 Å². The van der Waals surface area contributed by atoms with Gasteiger partial charge in [0.15, 0.2) is 0 Å². The number of nitrogens with one attached hydrogen (secondary N) is 1. The van der Waals surface area contributed by atoms with Crippen LogP contribution in [-0.2, 0) is 14.3 Å². The fourth-order valence-electron chi connectivity index (χ4n) is 0.352. The summed E-state index contributed by atoms with van der Waals surface area (Å²) in [7, 11) is 1.26. The Labute approximate surface area is 58.9 Å². The van der Waals surface area contributed by atoms with E-state index in [1.807, 2.05) is 0 Å². The highest BCUT2D eigenvalue weighted by Gasteiger charge is 1.93. The zero-order valence-electron chi connectivity index (χ0n) is 5.80. The molecule has 0 aromatic rings. The number of ether oxygens (including phenoxy) is 1. The van der Waals surface area contributed by atoms with Crippen molar-refractivity contribution >= 4 is 12.4 Å². The van der Waals surface area contributed by atoms with Gasteiger partial charge >= 0.3 is 12.4 Å². The molecule has 0 aromatic heterocycles. The molecule has 0 aromatic carbocycles. The third kappa shape index (κ3) is 3.65. The van der Waals surface area contributed by atoms with Gasteiger partial charge in [-0.05, 0) is 6.92 Å². The van der Waals surface area contributed by atoms with Crippen LogP contribution < -0.4 is 5.32 Å². The lowest BCUT2D eigenvalue weighted by Gasteiger charge is -1.94. The first-order valence-corrected chi connectivity index (χ1v) is 2.60. The highest BCUT2D eigenvalue weighted by molar-refractivity contribution is 5.82. The Morgan fingerprint density at radius 1 is 1.70 bits per heavy atom. The maximum Gasteiger partial charge on any atom is 0.332 e. The second kappa shape index (κ2) is 4.55. The lowest BCUT2D eigenvalue weighted by Crippen LogP contribution is -2.09. The van der Waals surface area contributed by atoms with Crippen molar-refractivity contribution in [1.29, 1.82) is 0 Å². The highest BCUT2D eigenvalue weighted by atomic mass is 16.5. The zero-order valence-corrected chi connectivity index (χ0v) is 5.80. The number of methoxy groups -OCH3 is 1. The molecule has 10 heavy (non-hydrogen) atoms. The van der Waals surface area contributed by atoms with E-state index in [2.05, 4.69) is 10.1 Å². The van der Waals surface area contributed by atoms with Crippen molar-refractivity contribution in [2.45, 2.75) is 6.92 Å². The number of hydrogen-bond acceptors (Lipinski definition) is 3. The van der Waals surface area contributed by atoms with E-state index in [1.165, 1.54) is 13.5 Å². The second-order valence-corrected chi connectivity index (χ2v) is 1.58. The predicted molar refractivity (Wildman–Crippen MR) is 34.6 cm³/mol. The van der Waals surface area contributed by atoms with E-state index in [-0.39, 0.29) is 0 Å². The molecular weight excluding hydrogens is 134 g/mol. The molecule has 1 amide bonds. The summed E-state index contributed by atoms with van der Waals surface area (Å²) < 4.78 is 4.28. The van der Waals surface area contributed by atoms with Gasteiger partial charge in [0.05, 0.1) is 7.11 Å². The molecule has 4 heteroatoms. The number of hydrogen-bond donors (Lipinski definition) is 1. The lowest BCUT2D eigenvalue weighted by molar-refractivity contribution is -0.134. The van der Waals surface area contributed by atoms with Crippen molar-refractivity contribution in [3.05, 3.63) is 11.8 Å². The van der Waals surface area contributed by atoms with Crippen molar-refractivity contribution in [3.8, 4) is 0 Å². The Morgan fingerprint density at radius 2 is 2.30 bits per heavy atom. The van der Waals surface area contributed by atoms with Crippen molar-refractivity contribution < 1.29 is 14.3 Å². The number of allylic oxidation sites excluding steroid dienone is 1. The quantitative estimate of drug-likeness (QED) is 0.335. The van der Waals surface area contributed by atoms with E-state index in [4.69, 9.17) is 0 Å². The summed E-state index contributed by atoms with van der Waals surface area (Å²) in [5.74, 6) is -0.500. The topological polar surface area (TPSA) is 55.4 Å². The van der Waals surface area contributed by atoms with Gasteiger partial charge in [-0.1, -0.05) is 0 Å². The Hall–Kier alpha value is -1.32. The summed E-state index contributed by atoms with van der Waals surface area (Å²) >= 11 is 0. The Bertz CT molecular complexity index is 162. The molecule has 0 aliphatic rings. The van der Waals surface area contributed by atoms with Crippen molar-refractivity contribution in [2.75, 3.05) is 7.11 Å².